The summed E-state index contributed by atoms with van der Waals surface area (Å²) in [6, 6.07) is 0. The van der Waals surface area contributed by atoms with Gasteiger partial charge in [0, 0.05) is 12.3 Å². The molecule has 0 aromatic heterocycles. The Labute approximate surface area is 160 Å². The van der Waals surface area contributed by atoms with Crippen molar-refractivity contribution in [2.75, 3.05) is 0 Å². The SMILES string of the molecule is C=C[C@@]1(C)[C@H]2CC3=C(O[C@H](C)CC3=O)O[C@@]2(C)[C@@H](O)C[C@H]1C(C)(C)C(=O)O. The quantitative estimate of drug-likeness (QED) is 0.733. The molecule has 2 N–H and O–H groups in total. The molecule has 0 spiro atoms. The lowest BCUT2D eigenvalue weighted by Gasteiger charge is -2.60. The van der Waals surface area contributed by atoms with Crippen molar-refractivity contribution in [2.45, 2.75) is 71.7 Å². The largest absolute Gasteiger partial charge is 0.481 e. The zero-order chi connectivity index (χ0) is 20.4. The molecule has 0 amide bonds. The minimum absolute atomic E-state index is 0.00804. The minimum Gasteiger partial charge on any atom is -0.481 e. The summed E-state index contributed by atoms with van der Waals surface area (Å²) >= 11 is 0. The van der Waals surface area contributed by atoms with Crippen molar-refractivity contribution in [1.82, 2.24) is 0 Å². The number of ketones is 1. The molecule has 3 rings (SSSR count). The van der Waals surface area contributed by atoms with Gasteiger partial charge in [-0.15, -0.1) is 6.58 Å². The summed E-state index contributed by atoms with van der Waals surface area (Å²) in [6.07, 6.45) is 1.57. The van der Waals surface area contributed by atoms with Crippen LogP contribution in [0.4, 0.5) is 0 Å². The first-order valence-corrected chi connectivity index (χ1v) is 9.55. The maximum Gasteiger partial charge on any atom is 0.309 e. The van der Waals surface area contributed by atoms with Crippen LogP contribution in [0, 0.1) is 22.7 Å². The third-order valence-corrected chi connectivity index (χ3v) is 7.26. The van der Waals surface area contributed by atoms with Crippen LogP contribution in [-0.2, 0) is 19.1 Å². The van der Waals surface area contributed by atoms with Crippen LogP contribution in [0.15, 0.2) is 24.2 Å². The predicted molar refractivity (Wildman–Crippen MR) is 98.6 cm³/mol. The average molecular weight is 378 g/mol. The molecule has 2 aliphatic heterocycles. The van der Waals surface area contributed by atoms with Crippen LogP contribution in [-0.4, -0.2) is 39.8 Å². The number of allylic oxidation sites excluding steroid dienone is 2. The van der Waals surface area contributed by atoms with E-state index in [9.17, 15) is 19.8 Å². The fraction of sp³-hybridized carbons (Fsp3) is 0.714. The van der Waals surface area contributed by atoms with Crippen LogP contribution in [0.5, 0.6) is 0 Å². The average Bonchev–Trinajstić information content (AvgIpc) is 2.56. The third-order valence-electron chi connectivity index (χ3n) is 7.26. The Morgan fingerprint density at radius 1 is 1.33 bits per heavy atom. The van der Waals surface area contributed by atoms with E-state index < -0.39 is 28.5 Å². The molecule has 150 valence electrons. The zero-order valence-electron chi connectivity index (χ0n) is 16.7. The molecular weight excluding hydrogens is 348 g/mol. The molecule has 0 radical (unpaired) electrons. The van der Waals surface area contributed by atoms with E-state index >= 15 is 0 Å². The van der Waals surface area contributed by atoms with E-state index in [1.54, 1.807) is 19.9 Å². The molecule has 6 nitrogen and oxygen atoms in total. The number of carbonyl (C=O) groups excluding carboxylic acids is 1. The maximum absolute atomic E-state index is 12.6. The van der Waals surface area contributed by atoms with Crippen molar-refractivity contribution in [3.05, 3.63) is 24.2 Å². The number of fused-ring (bicyclic) bond motifs is 1. The number of carboxylic acids is 1. The first-order valence-electron chi connectivity index (χ1n) is 9.55. The zero-order valence-corrected chi connectivity index (χ0v) is 16.7. The molecule has 1 aliphatic carbocycles. The molecule has 0 unspecified atom stereocenters. The van der Waals surface area contributed by atoms with E-state index in [1.807, 2.05) is 20.8 Å². The Hall–Kier alpha value is -1.82. The van der Waals surface area contributed by atoms with Gasteiger partial charge in [-0.3, -0.25) is 9.59 Å². The van der Waals surface area contributed by atoms with Crippen molar-refractivity contribution < 1.29 is 29.3 Å². The molecule has 27 heavy (non-hydrogen) atoms. The predicted octanol–water partition coefficient (Wildman–Crippen LogP) is 3.06. The van der Waals surface area contributed by atoms with Gasteiger partial charge in [-0.1, -0.05) is 13.0 Å². The second-order valence-electron chi connectivity index (χ2n) is 9.27. The fourth-order valence-electron chi connectivity index (χ4n) is 5.35. The van der Waals surface area contributed by atoms with Gasteiger partial charge in [0.2, 0.25) is 0 Å². The summed E-state index contributed by atoms with van der Waals surface area (Å²) in [7, 11) is 0. The minimum atomic E-state index is -1.07. The number of aliphatic hydroxyl groups excluding tert-OH is 1. The Morgan fingerprint density at radius 3 is 2.52 bits per heavy atom. The van der Waals surface area contributed by atoms with Gasteiger partial charge in [-0.25, -0.2) is 0 Å². The van der Waals surface area contributed by atoms with Gasteiger partial charge in [-0.2, -0.15) is 0 Å². The van der Waals surface area contributed by atoms with Crippen molar-refractivity contribution in [3.8, 4) is 0 Å². The van der Waals surface area contributed by atoms with Crippen molar-refractivity contribution in [3.63, 3.8) is 0 Å². The highest BCUT2D eigenvalue weighted by Crippen LogP contribution is 2.61. The summed E-state index contributed by atoms with van der Waals surface area (Å²) in [6.45, 7) is 13.0. The second-order valence-corrected chi connectivity index (χ2v) is 9.27. The van der Waals surface area contributed by atoms with Crippen LogP contribution in [0.25, 0.3) is 0 Å². The van der Waals surface area contributed by atoms with Crippen molar-refractivity contribution in [2.24, 2.45) is 22.7 Å². The van der Waals surface area contributed by atoms with E-state index in [0.717, 1.165) is 0 Å². The highest BCUT2D eigenvalue weighted by Gasteiger charge is 2.64. The van der Waals surface area contributed by atoms with Crippen LogP contribution < -0.4 is 0 Å². The van der Waals surface area contributed by atoms with Gasteiger partial charge in [0.25, 0.3) is 5.95 Å². The molecule has 6 heteroatoms. The lowest BCUT2D eigenvalue weighted by Crippen LogP contribution is -2.65. The van der Waals surface area contributed by atoms with Crippen molar-refractivity contribution in [1.29, 1.82) is 0 Å². The van der Waals surface area contributed by atoms with Crippen LogP contribution in [0.2, 0.25) is 0 Å². The fourth-order valence-corrected chi connectivity index (χ4v) is 5.35. The molecule has 0 saturated heterocycles. The van der Waals surface area contributed by atoms with Gasteiger partial charge in [-0.05, 0) is 51.9 Å². The first kappa shape index (κ1) is 19.9. The number of carboxylic acid groups (broad SMARTS) is 1. The molecule has 1 saturated carbocycles. The molecule has 0 bridgehead atoms. The van der Waals surface area contributed by atoms with Crippen LogP contribution >= 0.6 is 0 Å². The lowest BCUT2D eigenvalue weighted by molar-refractivity contribution is -0.237. The summed E-state index contributed by atoms with van der Waals surface area (Å²) < 4.78 is 11.9. The Bertz CT molecular complexity index is 722. The molecule has 0 aromatic rings. The summed E-state index contributed by atoms with van der Waals surface area (Å²) in [5.74, 6) is -1.36. The molecular formula is C21H30O6. The number of aliphatic hydroxyl groups is 1. The number of Topliss-reactive ketones (excluding diaryl/α,β-unsaturated/α-hetero) is 1. The summed E-state index contributed by atoms with van der Waals surface area (Å²) in [4.78, 5) is 24.5. The topological polar surface area (TPSA) is 93.1 Å². The Balaban J connectivity index is 2.11. The van der Waals surface area contributed by atoms with Crippen molar-refractivity contribution >= 4 is 11.8 Å². The molecule has 6 atom stereocenters. The molecule has 1 fully saturated rings. The number of aliphatic carboxylic acids is 1. The van der Waals surface area contributed by atoms with E-state index in [2.05, 4.69) is 6.58 Å². The number of ether oxygens (including phenoxy) is 2. The standard InChI is InChI=1S/C21H30O6/c1-7-20(5)14(19(3,4)18(24)25)10-16(23)21(6)15(20)9-12-13(22)8-11(2)26-17(12)27-21/h7,11,14-16,23H,1,8-10H2,2-6H3,(H,24,25)/t11-,14+,15-,16+,20-,21-/m1/s1. The Morgan fingerprint density at radius 2 is 1.96 bits per heavy atom. The smallest absolute Gasteiger partial charge is 0.309 e. The first-order chi connectivity index (χ1) is 12.4. The lowest BCUT2D eigenvalue weighted by atomic mass is 9.48. The molecule has 2 heterocycles. The Kier molecular flexibility index (Phi) is 4.50. The van der Waals surface area contributed by atoms with Crippen LogP contribution in [0.1, 0.15) is 53.9 Å². The second kappa shape index (κ2) is 6.09. The van der Waals surface area contributed by atoms with E-state index in [1.165, 1.54) is 0 Å². The highest BCUT2D eigenvalue weighted by atomic mass is 16.7. The van der Waals surface area contributed by atoms with E-state index in [0.29, 0.717) is 18.4 Å². The van der Waals surface area contributed by atoms with Gasteiger partial charge < -0.3 is 19.7 Å². The van der Waals surface area contributed by atoms with Gasteiger partial charge >= 0.3 is 5.97 Å². The third kappa shape index (κ3) is 2.72. The molecule has 0 aromatic carbocycles. The molecule has 3 aliphatic rings. The van der Waals surface area contributed by atoms with Gasteiger partial charge in [0.15, 0.2) is 5.78 Å². The monoisotopic (exact) mass is 378 g/mol. The summed E-state index contributed by atoms with van der Waals surface area (Å²) in [5, 5.41) is 20.8. The number of rotatable bonds is 3. The normalized spacial score (nSPS) is 41.8. The van der Waals surface area contributed by atoms with Gasteiger partial charge in [0.05, 0.1) is 17.1 Å². The van der Waals surface area contributed by atoms with Gasteiger partial charge in [0.1, 0.15) is 11.7 Å². The number of carbonyl (C=O) groups is 2. The number of hydrogen-bond acceptors (Lipinski definition) is 5. The maximum atomic E-state index is 12.6. The van der Waals surface area contributed by atoms with Crippen LogP contribution in [0.3, 0.4) is 0 Å². The highest BCUT2D eigenvalue weighted by molar-refractivity contribution is 5.96. The van der Waals surface area contributed by atoms with E-state index in [4.69, 9.17) is 9.47 Å². The summed E-state index contributed by atoms with van der Waals surface area (Å²) in [5.41, 5.74) is -2.19. The van der Waals surface area contributed by atoms with E-state index in [-0.39, 0.29) is 36.1 Å². The number of hydrogen-bond donors (Lipinski definition) is 2.